The summed E-state index contributed by atoms with van der Waals surface area (Å²) >= 11 is 0. The minimum absolute atomic E-state index is 0.181. The molecule has 0 radical (unpaired) electrons. The second-order valence-corrected chi connectivity index (χ2v) is 7.96. The summed E-state index contributed by atoms with van der Waals surface area (Å²) in [5.41, 5.74) is 10.2. The number of benzene rings is 1. The van der Waals surface area contributed by atoms with Crippen molar-refractivity contribution in [2.24, 2.45) is 5.73 Å². The van der Waals surface area contributed by atoms with Crippen LogP contribution in [0.5, 0.6) is 0 Å². The first-order valence-electron chi connectivity index (χ1n) is 9.24. The van der Waals surface area contributed by atoms with Gasteiger partial charge in [-0.25, -0.2) is 0 Å². The first kappa shape index (κ1) is 17.5. The highest BCUT2D eigenvalue weighted by Gasteiger charge is 2.17. The van der Waals surface area contributed by atoms with Crippen molar-refractivity contribution in [1.82, 2.24) is 14.8 Å². The van der Waals surface area contributed by atoms with Crippen molar-refractivity contribution in [3.05, 3.63) is 35.5 Å². The van der Waals surface area contributed by atoms with Gasteiger partial charge in [0.25, 0.3) is 0 Å². The van der Waals surface area contributed by atoms with Crippen LogP contribution in [0.1, 0.15) is 31.9 Å². The topological polar surface area (TPSA) is 46.2 Å². The van der Waals surface area contributed by atoms with Gasteiger partial charge in [0.15, 0.2) is 0 Å². The monoisotopic (exact) mass is 328 g/mol. The molecule has 2 aromatic rings. The van der Waals surface area contributed by atoms with E-state index in [2.05, 4.69) is 60.0 Å². The van der Waals surface area contributed by atoms with Crippen LogP contribution in [0.3, 0.4) is 0 Å². The van der Waals surface area contributed by atoms with Crippen molar-refractivity contribution >= 4 is 10.9 Å². The zero-order chi connectivity index (χ0) is 17.2. The van der Waals surface area contributed by atoms with Gasteiger partial charge >= 0.3 is 0 Å². The molecule has 132 valence electrons. The van der Waals surface area contributed by atoms with E-state index in [0.717, 1.165) is 45.7 Å². The van der Waals surface area contributed by atoms with E-state index in [1.165, 1.54) is 22.0 Å². The van der Waals surface area contributed by atoms with Gasteiger partial charge in [0, 0.05) is 62.9 Å². The Morgan fingerprint density at radius 3 is 2.54 bits per heavy atom. The fourth-order valence-electron chi connectivity index (χ4n) is 3.57. The molecule has 3 rings (SSSR count). The molecular formula is C20H32N4. The summed E-state index contributed by atoms with van der Waals surface area (Å²) in [5.74, 6) is 0. The second-order valence-electron chi connectivity index (χ2n) is 7.96. The fraction of sp³-hybridized carbons (Fsp3) is 0.600. The van der Waals surface area contributed by atoms with Crippen LogP contribution in [0.25, 0.3) is 10.9 Å². The molecule has 1 aromatic carbocycles. The maximum absolute atomic E-state index is 5.81. The largest absolute Gasteiger partial charge is 0.346 e. The average Bonchev–Trinajstić information content (AvgIpc) is 2.91. The lowest BCUT2D eigenvalue weighted by Crippen LogP contribution is -2.44. The predicted octanol–water partition coefficient (Wildman–Crippen LogP) is 2.35. The first-order chi connectivity index (χ1) is 11.5. The van der Waals surface area contributed by atoms with Crippen molar-refractivity contribution < 1.29 is 0 Å². The number of hydrogen-bond acceptors (Lipinski definition) is 3. The van der Waals surface area contributed by atoms with Gasteiger partial charge in [-0.3, -0.25) is 0 Å². The lowest BCUT2D eigenvalue weighted by atomic mass is 9.86. The minimum Gasteiger partial charge on any atom is -0.346 e. The zero-order valence-electron chi connectivity index (χ0n) is 15.4. The van der Waals surface area contributed by atoms with E-state index in [1.54, 1.807) is 0 Å². The van der Waals surface area contributed by atoms with Gasteiger partial charge in [-0.05, 0) is 35.1 Å². The standard InChI is InChI=1S/C20H32N4/c1-20(2,3)17-4-5-19-18(14-17)16(15-24(19)11-7-21)6-10-23-12-8-22-9-13-23/h4-5,14-15,22H,6-13,21H2,1-3H3. The fourth-order valence-corrected chi connectivity index (χ4v) is 3.57. The molecule has 4 nitrogen and oxygen atoms in total. The SMILES string of the molecule is CC(C)(C)c1ccc2c(c1)c(CCN1CCNCC1)cn2CCN. The number of piperazine rings is 1. The molecule has 0 bridgehead atoms. The van der Waals surface area contributed by atoms with E-state index >= 15 is 0 Å². The molecule has 1 aliphatic rings. The smallest absolute Gasteiger partial charge is 0.0483 e. The molecule has 0 amide bonds. The normalized spacial score (nSPS) is 16.8. The molecule has 0 spiro atoms. The summed E-state index contributed by atoms with van der Waals surface area (Å²) in [4.78, 5) is 2.57. The molecule has 3 N–H and O–H groups in total. The van der Waals surface area contributed by atoms with Crippen LogP contribution in [0.2, 0.25) is 0 Å². The molecule has 1 saturated heterocycles. The van der Waals surface area contributed by atoms with Gasteiger partial charge in [0.1, 0.15) is 0 Å². The third-order valence-corrected chi connectivity index (χ3v) is 5.11. The number of aromatic nitrogens is 1. The molecule has 1 fully saturated rings. The third-order valence-electron chi connectivity index (χ3n) is 5.11. The lowest BCUT2D eigenvalue weighted by molar-refractivity contribution is 0.244. The molecule has 1 aliphatic heterocycles. The van der Waals surface area contributed by atoms with Crippen LogP contribution in [-0.4, -0.2) is 48.7 Å². The summed E-state index contributed by atoms with van der Waals surface area (Å²) < 4.78 is 2.33. The van der Waals surface area contributed by atoms with Crippen molar-refractivity contribution in [3.63, 3.8) is 0 Å². The van der Waals surface area contributed by atoms with Crippen LogP contribution in [0, 0.1) is 0 Å². The first-order valence-corrected chi connectivity index (χ1v) is 9.24. The van der Waals surface area contributed by atoms with Gasteiger partial charge < -0.3 is 20.5 Å². The minimum atomic E-state index is 0.181. The third kappa shape index (κ3) is 3.82. The van der Waals surface area contributed by atoms with Crippen LogP contribution >= 0.6 is 0 Å². The molecule has 0 unspecified atom stereocenters. The Kier molecular flexibility index (Phi) is 5.28. The molecule has 1 aromatic heterocycles. The highest BCUT2D eigenvalue weighted by Crippen LogP contribution is 2.29. The van der Waals surface area contributed by atoms with E-state index in [1.807, 2.05) is 0 Å². The van der Waals surface area contributed by atoms with E-state index in [-0.39, 0.29) is 5.41 Å². The van der Waals surface area contributed by atoms with Gasteiger partial charge in [-0.15, -0.1) is 0 Å². The summed E-state index contributed by atoms with van der Waals surface area (Å²) in [7, 11) is 0. The Balaban J connectivity index is 1.89. The Morgan fingerprint density at radius 2 is 1.88 bits per heavy atom. The summed E-state index contributed by atoms with van der Waals surface area (Å²) in [6.07, 6.45) is 3.44. The Labute approximate surface area is 146 Å². The van der Waals surface area contributed by atoms with Crippen LogP contribution in [0.15, 0.2) is 24.4 Å². The predicted molar refractivity (Wildman–Crippen MR) is 103 cm³/mol. The molecule has 0 atom stereocenters. The Morgan fingerprint density at radius 1 is 1.12 bits per heavy atom. The Hall–Kier alpha value is -1.36. The maximum Gasteiger partial charge on any atom is 0.0483 e. The number of nitrogens with two attached hydrogens (primary N) is 1. The maximum atomic E-state index is 5.81. The van der Waals surface area contributed by atoms with Crippen LogP contribution in [-0.2, 0) is 18.4 Å². The molecular weight excluding hydrogens is 296 g/mol. The molecule has 4 heteroatoms. The summed E-state index contributed by atoms with van der Waals surface area (Å²) in [6, 6.07) is 6.95. The van der Waals surface area contributed by atoms with E-state index < -0.39 is 0 Å². The van der Waals surface area contributed by atoms with Crippen molar-refractivity contribution in [2.75, 3.05) is 39.3 Å². The quantitative estimate of drug-likeness (QED) is 0.886. The van der Waals surface area contributed by atoms with E-state index in [0.29, 0.717) is 6.54 Å². The number of nitrogens with zero attached hydrogens (tertiary/aromatic N) is 2. The van der Waals surface area contributed by atoms with E-state index in [4.69, 9.17) is 5.73 Å². The van der Waals surface area contributed by atoms with Gasteiger partial charge in [-0.1, -0.05) is 26.8 Å². The van der Waals surface area contributed by atoms with Crippen LogP contribution in [0.4, 0.5) is 0 Å². The molecule has 0 saturated carbocycles. The van der Waals surface area contributed by atoms with Gasteiger partial charge in [-0.2, -0.15) is 0 Å². The van der Waals surface area contributed by atoms with E-state index in [9.17, 15) is 0 Å². The van der Waals surface area contributed by atoms with Crippen LogP contribution < -0.4 is 11.1 Å². The van der Waals surface area contributed by atoms with Crippen molar-refractivity contribution in [3.8, 4) is 0 Å². The second kappa shape index (κ2) is 7.26. The highest BCUT2D eigenvalue weighted by atomic mass is 15.2. The van der Waals surface area contributed by atoms with Gasteiger partial charge in [0.05, 0.1) is 0 Å². The number of nitrogens with one attached hydrogen (secondary N) is 1. The zero-order valence-corrected chi connectivity index (χ0v) is 15.4. The number of rotatable bonds is 5. The number of fused-ring (bicyclic) bond motifs is 1. The molecule has 2 heterocycles. The summed E-state index contributed by atoms with van der Waals surface area (Å²) in [5, 5.41) is 4.84. The van der Waals surface area contributed by atoms with Crippen molar-refractivity contribution in [1.29, 1.82) is 0 Å². The summed E-state index contributed by atoms with van der Waals surface area (Å²) in [6.45, 7) is 14.1. The Bertz CT molecular complexity index is 675. The highest BCUT2D eigenvalue weighted by molar-refractivity contribution is 5.85. The number of hydrogen-bond donors (Lipinski definition) is 2. The molecule has 24 heavy (non-hydrogen) atoms. The van der Waals surface area contributed by atoms with Crippen molar-refractivity contribution in [2.45, 2.75) is 39.2 Å². The average molecular weight is 329 g/mol. The van der Waals surface area contributed by atoms with Gasteiger partial charge in [0.2, 0.25) is 0 Å². The lowest BCUT2D eigenvalue weighted by Gasteiger charge is -2.27. The molecule has 0 aliphatic carbocycles.